The van der Waals surface area contributed by atoms with Crippen LogP contribution in [0.4, 0.5) is 17.1 Å². The Hall–Kier alpha value is -5.55. The molecule has 0 aromatic heterocycles. The maximum atomic E-state index is 15.2. The average molecular weight is 740 g/mol. The number of nitrogens with one attached hydrogen (secondary N) is 2. The molecular weight excluding hydrogens is 695 g/mol. The number of carbonyl (C=O) groups excluding carboxylic acids is 3. The van der Waals surface area contributed by atoms with Gasteiger partial charge in [0.15, 0.2) is 5.60 Å². The van der Waals surface area contributed by atoms with Gasteiger partial charge in [-0.15, -0.1) is 0 Å². The topological polar surface area (TPSA) is 117 Å². The van der Waals surface area contributed by atoms with Crippen LogP contribution in [0.5, 0.6) is 5.75 Å². The number of benzene rings is 5. The number of amides is 3. The zero-order valence-corrected chi connectivity index (χ0v) is 31.9. The Balaban J connectivity index is 1.25. The van der Waals surface area contributed by atoms with Crippen LogP contribution in [0.1, 0.15) is 45.2 Å². The van der Waals surface area contributed by atoms with Gasteiger partial charge in [0, 0.05) is 40.6 Å². The van der Waals surface area contributed by atoms with Crippen molar-refractivity contribution >= 4 is 48.0 Å². The fraction of sp³-hybridized carbons (Fsp3) is 0.250. The zero-order valence-electron chi connectivity index (χ0n) is 30.9. The van der Waals surface area contributed by atoms with Gasteiger partial charge in [0.1, 0.15) is 5.75 Å². The number of carbonyl (C=O) groups is 3. The van der Waals surface area contributed by atoms with Crippen LogP contribution in [0.25, 0.3) is 0 Å². The molecule has 0 bridgehead atoms. The lowest BCUT2D eigenvalue weighted by atomic mass is 9.82. The van der Waals surface area contributed by atoms with Crippen LogP contribution in [0.3, 0.4) is 0 Å². The number of fused-ring (bicyclic) bond motifs is 2. The van der Waals surface area contributed by atoms with E-state index < -0.39 is 13.7 Å². The van der Waals surface area contributed by atoms with Gasteiger partial charge in [-0.2, -0.15) is 0 Å². The SMILES string of the molecule is COc1ccc([Si](C)(C)[C@@H]2[C@@H](CCO)O[C@]3(C(=O)N(Cc4ccc(NC(=O)c5ccccc5)cc4)c4ccc(NC(=O)c5ccccc5)cc43)[C@H]2C)cc1. The second-order valence-corrected chi connectivity index (χ2v) is 19.3. The highest BCUT2D eigenvalue weighted by Crippen LogP contribution is 2.60. The molecular formula is C44H45N3O6Si. The first-order valence-electron chi connectivity index (χ1n) is 18.3. The molecule has 1 saturated heterocycles. The maximum absolute atomic E-state index is 15.2. The van der Waals surface area contributed by atoms with Crippen LogP contribution >= 0.6 is 0 Å². The van der Waals surface area contributed by atoms with Crippen LogP contribution in [0.2, 0.25) is 18.6 Å². The van der Waals surface area contributed by atoms with Crippen molar-refractivity contribution in [2.24, 2.45) is 5.92 Å². The first-order chi connectivity index (χ1) is 26.1. The van der Waals surface area contributed by atoms with Crippen molar-refractivity contribution in [1.29, 1.82) is 0 Å². The summed E-state index contributed by atoms with van der Waals surface area (Å²) in [4.78, 5) is 43.0. The third-order valence-electron chi connectivity index (χ3n) is 11.1. The Morgan fingerprint density at radius 3 is 1.96 bits per heavy atom. The molecule has 0 saturated carbocycles. The molecule has 2 aliphatic rings. The normalized spacial score (nSPS) is 20.5. The monoisotopic (exact) mass is 739 g/mol. The summed E-state index contributed by atoms with van der Waals surface area (Å²) in [5, 5.41) is 17.5. The molecule has 5 aromatic rings. The van der Waals surface area contributed by atoms with E-state index in [0.29, 0.717) is 40.2 Å². The number of hydrogen-bond donors (Lipinski definition) is 3. The van der Waals surface area contributed by atoms with Crippen molar-refractivity contribution in [2.45, 2.75) is 50.2 Å². The van der Waals surface area contributed by atoms with Crippen LogP contribution in [-0.4, -0.2) is 50.7 Å². The van der Waals surface area contributed by atoms with Crippen molar-refractivity contribution in [1.82, 2.24) is 0 Å². The molecule has 7 rings (SSSR count). The summed E-state index contributed by atoms with van der Waals surface area (Å²) in [6, 6.07) is 39.3. The third kappa shape index (κ3) is 6.72. The largest absolute Gasteiger partial charge is 0.497 e. The number of aliphatic hydroxyl groups is 1. The van der Waals surface area contributed by atoms with Crippen molar-refractivity contribution < 1.29 is 29.0 Å². The number of aliphatic hydroxyl groups excluding tert-OH is 1. The Morgan fingerprint density at radius 1 is 0.815 bits per heavy atom. The van der Waals surface area contributed by atoms with E-state index in [-0.39, 0.29) is 48.4 Å². The van der Waals surface area contributed by atoms with Gasteiger partial charge in [0.05, 0.1) is 33.5 Å². The van der Waals surface area contributed by atoms with E-state index in [9.17, 15) is 14.7 Å². The Labute approximate surface area is 317 Å². The summed E-state index contributed by atoms with van der Waals surface area (Å²) in [7, 11) is -0.733. The smallest absolute Gasteiger partial charge is 0.264 e. The fourth-order valence-corrected chi connectivity index (χ4v) is 12.5. The van der Waals surface area contributed by atoms with E-state index in [2.05, 4.69) is 42.8 Å². The second kappa shape index (κ2) is 15.1. The molecule has 9 nitrogen and oxygen atoms in total. The number of rotatable bonds is 11. The molecule has 2 aliphatic heterocycles. The van der Waals surface area contributed by atoms with Crippen LogP contribution in [0.15, 0.2) is 127 Å². The molecule has 3 amide bonds. The Kier molecular flexibility index (Phi) is 10.3. The molecule has 0 radical (unpaired) electrons. The molecule has 54 heavy (non-hydrogen) atoms. The van der Waals surface area contributed by atoms with E-state index in [1.807, 2.05) is 91.0 Å². The minimum Gasteiger partial charge on any atom is -0.497 e. The number of nitrogens with zero attached hydrogens (tertiary/aromatic N) is 1. The molecule has 0 unspecified atom stereocenters. The predicted molar refractivity (Wildman–Crippen MR) is 214 cm³/mol. The number of ether oxygens (including phenoxy) is 2. The van der Waals surface area contributed by atoms with Crippen molar-refractivity contribution in [3.05, 3.63) is 150 Å². The van der Waals surface area contributed by atoms with E-state index >= 15 is 4.79 Å². The van der Waals surface area contributed by atoms with E-state index in [1.165, 1.54) is 5.19 Å². The Morgan fingerprint density at radius 2 is 1.39 bits per heavy atom. The van der Waals surface area contributed by atoms with Gasteiger partial charge >= 0.3 is 0 Å². The fourth-order valence-electron chi connectivity index (χ4n) is 8.41. The highest BCUT2D eigenvalue weighted by Gasteiger charge is 2.66. The molecule has 1 fully saturated rings. The molecule has 3 N–H and O–H groups in total. The zero-order chi connectivity index (χ0) is 38.0. The highest BCUT2D eigenvalue weighted by molar-refractivity contribution is 6.91. The minimum atomic E-state index is -2.38. The molecule has 5 aromatic carbocycles. The summed E-state index contributed by atoms with van der Waals surface area (Å²) in [6.45, 7) is 6.89. The van der Waals surface area contributed by atoms with Crippen LogP contribution < -0.4 is 25.5 Å². The van der Waals surface area contributed by atoms with Crippen LogP contribution in [-0.2, 0) is 21.7 Å². The van der Waals surface area contributed by atoms with Gasteiger partial charge in [0.25, 0.3) is 17.7 Å². The molecule has 4 atom stereocenters. The summed E-state index contributed by atoms with van der Waals surface area (Å²) in [5.41, 5.74) is 3.16. The first kappa shape index (κ1) is 36.8. The molecule has 2 heterocycles. The molecule has 10 heteroatoms. The first-order valence-corrected chi connectivity index (χ1v) is 21.4. The lowest BCUT2D eigenvalue weighted by molar-refractivity contribution is -0.146. The van der Waals surface area contributed by atoms with Gasteiger partial charge in [-0.05, 0) is 84.3 Å². The predicted octanol–water partition coefficient (Wildman–Crippen LogP) is 7.35. The molecule has 276 valence electrons. The van der Waals surface area contributed by atoms with Crippen molar-refractivity contribution in [3.63, 3.8) is 0 Å². The lowest BCUT2D eigenvalue weighted by Crippen LogP contribution is -2.51. The van der Waals surface area contributed by atoms with Gasteiger partial charge in [-0.3, -0.25) is 14.4 Å². The van der Waals surface area contributed by atoms with Gasteiger partial charge in [0.2, 0.25) is 0 Å². The van der Waals surface area contributed by atoms with Crippen LogP contribution in [0, 0.1) is 5.92 Å². The summed E-state index contributed by atoms with van der Waals surface area (Å²) < 4.78 is 12.5. The third-order valence-corrected chi connectivity index (χ3v) is 15.5. The lowest BCUT2D eigenvalue weighted by Gasteiger charge is -2.37. The van der Waals surface area contributed by atoms with E-state index in [1.54, 1.807) is 36.3 Å². The van der Waals surface area contributed by atoms with E-state index in [0.717, 1.165) is 11.3 Å². The molecule has 0 aliphatic carbocycles. The van der Waals surface area contributed by atoms with Crippen molar-refractivity contribution in [2.75, 3.05) is 29.3 Å². The minimum absolute atomic E-state index is 0.0372. The van der Waals surface area contributed by atoms with Crippen molar-refractivity contribution in [3.8, 4) is 5.75 Å². The number of anilines is 3. The average Bonchev–Trinajstić information content (AvgIpc) is 3.62. The number of hydrogen-bond acceptors (Lipinski definition) is 6. The second-order valence-electron chi connectivity index (χ2n) is 14.6. The summed E-state index contributed by atoms with van der Waals surface area (Å²) in [6.07, 6.45) is -0.00684. The van der Waals surface area contributed by atoms with E-state index in [4.69, 9.17) is 9.47 Å². The van der Waals surface area contributed by atoms with Gasteiger partial charge < -0.3 is 30.1 Å². The summed E-state index contributed by atoms with van der Waals surface area (Å²) in [5.74, 6) is -0.137. The number of methoxy groups -OCH3 is 1. The standard InChI is InChI=1S/C44H45N3O6Si/c1-29-40(54(3,4)36-22-20-35(52-2)21-23-36)39(25-26-48)53-44(29)37-27-34(46-42(50)32-13-9-6-10-14-32)19-24-38(37)47(43(44)51)28-30-15-17-33(18-16-30)45-41(49)31-11-7-5-8-12-31/h5-24,27,29,39-40,48H,25-26,28H2,1-4H3,(H,45,49)(H,46,50)/t29-,39+,40-,44+/m0/s1. The molecule has 1 spiro atoms. The van der Waals surface area contributed by atoms with Gasteiger partial charge in [-0.1, -0.05) is 85.9 Å². The van der Waals surface area contributed by atoms with Gasteiger partial charge in [-0.25, -0.2) is 0 Å². The quantitative estimate of drug-likeness (QED) is 0.122. The highest BCUT2D eigenvalue weighted by atomic mass is 28.3. The Bertz CT molecular complexity index is 2140. The summed E-state index contributed by atoms with van der Waals surface area (Å²) >= 11 is 0. The maximum Gasteiger partial charge on any atom is 0.264 e.